The Balaban J connectivity index is 2.04. The monoisotopic (exact) mass is 271 g/mol. The summed E-state index contributed by atoms with van der Waals surface area (Å²) in [5.74, 6) is 5.97. The van der Waals surface area contributed by atoms with E-state index in [9.17, 15) is 4.79 Å². The minimum atomic E-state index is -0.179. The van der Waals surface area contributed by atoms with Crippen LogP contribution >= 0.6 is 0 Å². The summed E-state index contributed by atoms with van der Waals surface area (Å²) in [6, 6.07) is 14.6. The summed E-state index contributed by atoms with van der Waals surface area (Å²) >= 11 is 0. The molecule has 0 unspecified atom stereocenters. The van der Waals surface area contributed by atoms with E-state index in [2.05, 4.69) is 10.7 Å². The quantitative estimate of drug-likeness (QED) is 0.573. The minimum Gasteiger partial charge on any atom is -0.497 e. The zero-order valence-electron chi connectivity index (χ0n) is 11.2. The molecular weight excluding hydrogens is 254 g/mol. The third-order valence-electron chi connectivity index (χ3n) is 2.91. The molecule has 0 spiro atoms. The van der Waals surface area contributed by atoms with Gasteiger partial charge in [0.2, 0.25) is 0 Å². The van der Waals surface area contributed by atoms with Crippen molar-refractivity contribution in [3.8, 4) is 5.75 Å². The van der Waals surface area contributed by atoms with Gasteiger partial charge in [-0.1, -0.05) is 24.3 Å². The Hall–Kier alpha value is -2.53. The number of ether oxygens (including phenoxy) is 1. The normalized spacial score (nSPS) is 9.90. The molecule has 0 saturated carbocycles. The number of methoxy groups -OCH3 is 1. The van der Waals surface area contributed by atoms with Crippen LogP contribution in [0.3, 0.4) is 0 Å². The zero-order chi connectivity index (χ0) is 14.4. The third kappa shape index (κ3) is 3.27. The molecule has 0 radical (unpaired) electrons. The van der Waals surface area contributed by atoms with Crippen LogP contribution in [0.4, 0.5) is 5.69 Å². The number of para-hydroxylation sites is 1. The van der Waals surface area contributed by atoms with E-state index in [1.165, 1.54) is 0 Å². The van der Waals surface area contributed by atoms with Crippen LogP contribution in [0.5, 0.6) is 5.75 Å². The molecule has 0 aliphatic carbocycles. The minimum absolute atomic E-state index is 0.179. The highest BCUT2D eigenvalue weighted by Crippen LogP contribution is 2.15. The van der Waals surface area contributed by atoms with Crippen molar-refractivity contribution in [2.24, 2.45) is 5.84 Å². The molecule has 0 saturated heterocycles. The molecule has 4 N–H and O–H groups in total. The number of hydrogen-bond donors (Lipinski definition) is 3. The van der Waals surface area contributed by atoms with Crippen molar-refractivity contribution < 1.29 is 9.53 Å². The predicted molar refractivity (Wildman–Crippen MR) is 78.4 cm³/mol. The maximum absolute atomic E-state index is 12.1. The number of amides is 1. The largest absolute Gasteiger partial charge is 0.497 e. The van der Waals surface area contributed by atoms with Crippen molar-refractivity contribution in [3.05, 3.63) is 59.7 Å². The SMILES string of the molecule is COc1cccc(CNC(=O)c2ccccc2NN)c1. The summed E-state index contributed by atoms with van der Waals surface area (Å²) in [6.07, 6.45) is 0. The highest BCUT2D eigenvalue weighted by atomic mass is 16.5. The van der Waals surface area contributed by atoms with Crippen LogP contribution in [0, 0.1) is 0 Å². The number of anilines is 1. The first-order valence-electron chi connectivity index (χ1n) is 6.21. The van der Waals surface area contributed by atoms with Crippen molar-refractivity contribution in [2.75, 3.05) is 12.5 Å². The molecule has 0 aliphatic rings. The summed E-state index contributed by atoms with van der Waals surface area (Å²) in [5, 5.41) is 2.85. The number of nitrogens with one attached hydrogen (secondary N) is 2. The summed E-state index contributed by atoms with van der Waals surface area (Å²) in [7, 11) is 1.61. The fourth-order valence-corrected chi connectivity index (χ4v) is 1.87. The lowest BCUT2D eigenvalue weighted by Gasteiger charge is -2.10. The van der Waals surface area contributed by atoms with E-state index in [1.54, 1.807) is 25.3 Å². The standard InChI is InChI=1S/C15H17N3O2/c1-20-12-6-4-5-11(9-12)10-17-15(19)13-7-2-3-8-14(13)18-16/h2-9,18H,10,16H2,1H3,(H,17,19). The molecule has 2 aromatic carbocycles. The van der Waals surface area contributed by atoms with Crippen LogP contribution in [0.1, 0.15) is 15.9 Å². The molecule has 2 rings (SSSR count). The molecule has 0 atom stereocenters. The van der Waals surface area contributed by atoms with E-state index >= 15 is 0 Å². The van der Waals surface area contributed by atoms with Crippen molar-refractivity contribution in [1.29, 1.82) is 0 Å². The average molecular weight is 271 g/mol. The fourth-order valence-electron chi connectivity index (χ4n) is 1.87. The Morgan fingerprint density at radius 2 is 2.00 bits per heavy atom. The fraction of sp³-hybridized carbons (Fsp3) is 0.133. The first-order chi connectivity index (χ1) is 9.74. The van der Waals surface area contributed by atoms with Crippen LogP contribution in [-0.2, 0) is 6.54 Å². The maximum Gasteiger partial charge on any atom is 0.253 e. The van der Waals surface area contributed by atoms with Crippen LogP contribution in [-0.4, -0.2) is 13.0 Å². The molecule has 0 aromatic heterocycles. The van der Waals surface area contributed by atoms with Crippen molar-refractivity contribution in [1.82, 2.24) is 5.32 Å². The number of benzene rings is 2. The second kappa shape index (κ2) is 6.58. The van der Waals surface area contributed by atoms with E-state index < -0.39 is 0 Å². The topological polar surface area (TPSA) is 76.4 Å². The Kier molecular flexibility index (Phi) is 4.57. The smallest absolute Gasteiger partial charge is 0.253 e. The molecule has 1 amide bonds. The zero-order valence-corrected chi connectivity index (χ0v) is 11.2. The van der Waals surface area contributed by atoms with Gasteiger partial charge in [0.15, 0.2) is 0 Å². The van der Waals surface area contributed by atoms with E-state index in [0.29, 0.717) is 17.8 Å². The van der Waals surface area contributed by atoms with Crippen LogP contribution in [0.2, 0.25) is 0 Å². The highest BCUT2D eigenvalue weighted by Gasteiger charge is 2.09. The molecule has 0 bridgehead atoms. The summed E-state index contributed by atoms with van der Waals surface area (Å²) < 4.78 is 5.14. The highest BCUT2D eigenvalue weighted by molar-refractivity contribution is 5.99. The average Bonchev–Trinajstić information content (AvgIpc) is 2.52. The van der Waals surface area contributed by atoms with Gasteiger partial charge in [0.05, 0.1) is 18.4 Å². The van der Waals surface area contributed by atoms with Gasteiger partial charge in [0, 0.05) is 6.54 Å². The van der Waals surface area contributed by atoms with Gasteiger partial charge in [0.25, 0.3) is 5.91 Å². The number of rotatable bonds is 5. The van der Waals surface area contributed by atoms with Gasteiger partial charge < -0.3 is 15.5 Å². The maximum atomic E-state index is 12.1. The molecule has 104 valence electrons. The van der Waals surface area contributed by atoms with Crippen molar-refractivity contribution in [3.63, 3.8) is 0 Å². The Morgan fingerprint density at radius 1 is 1.20 bits per heavy atom. The van der Waals surface area contributed by atoms with Crippen molar-refractivity contribution >= 4 is 11.6 Å². The molecule has 20 heavy (non-hydrogen) atoms. The van der Waals surface area contributed by atoms with Gasteiger partial charge in [-0.15, -0.1) is 0 Å². The Labute approximate surface area is 117 Å². The van der Waals surface area contributed by atoms with Crippen LogP contribution < -0.4 is 21.3 Å². The first-order valence-corrected chi connectivity index (χ1v) is 6.21. The van der Waals surface area contributed by atoms with E-state index in [-0.39, 0.29) is 5.91 Å². The van der Waals surface area contributed by atoms with E-state index in [1.807, 2.05) is 30.3 Å². The van der Waals surface area contributed by atoms with Gasteiger partial charge >= 0.3 is 0 Å². The molecule has 0 heterocycles. The second-order valence-corrected chi connectivity index (χ2v) is 4.22. The lowest BCUT2D eigenvalue weighted by atomic mass is 10.1. The molecular formula is C15H17N3O2. The van der Waals surface area contributed by atoms with Crippen molar-refractivity contribution in [2.45, 2.75) is 6.54 Å². The second-order valence-electron chi connectivity index (χ2n) is 4.22. The number of carbonyl (C=O) groups is 1. The van der Waals surface area contributed by atoms with Gasteiger partial charge in [0.1, 0.15) is 5.75 Å². The number of hydrogen-bond acceptors (Lipinski definition) is 4. The van der Waals surface area contributed by atoms with E-state index in [0.717, 1.165) is 11.3 Å². The van der Waals surface area contributed by atoms with Gasteiger partial charge in [-0.2, -0.15) is 0 Å². The number of carbonyl (C=O) groups excluding carboxylic acids is 1. The summed E-state index contributed by atoms with van der Waals surface area (Å²) in [4.78, 5) is 12.1. The first kappa shape index (κ1) is 13.9. The summed E-state index contributed by atoms with van der Waals surface area (Å²) in [5.41, 5.74) is 4.59. The number of hydrazine groups is 1. The van der Waals surface area contributed by atoms with Crippen LogP contribution in [0.15, 0.2) is 48.5 Å². The number of nitrogen functional groups attached to an aromatic ring is 1. The molecule has 5 heteroatoms. The van der Waals surface area contributed by atoms with E-state index in [4.69, 9.17) is 10.6 Å². The third-order valence-corrected chi connectivity index (χ3v) is 2.91. The lowest BCUT2D eigenvalue weighted by Crippen LogP contribution is -2.24. The molecule has 5 nitrogen and oxygen atoms in total. The molecule has 0 fully saturated rings. The van der Waals surface area contributed by atoms with Gasteiger partial charge in [-0.05, 0) is 29.8 Å². The summed E-state index contributed by atoms with van der Waals surface area (Å²) in [6.45, 7) is 0.426. The molecule has 2 aromatic rings. The van der Waals surface area contributed by atoms with Gasteiger partial charge in [-0.3, -0.25) is 10.6 Å². The molecule has 0 aliphatic heterocycles. The van der Waals surface area contributed by atoms with Gasteiger partial charge in [-0.25, -0.2) is 0 Å². The predicted octanol–water partition coefficient (Wildman–Crippen LogP) is 1.91. The Bertz CT molecular complexity index is 599. The van der Waals surface area contributed by atoms with Crippen LogP contribution in [0.25, 0.3) is 0 Å². The lowest BCUT2D eigenvalue weighted by molar-refractivity contribution is 0.0951. The Morgan fingerprint density at radius 3 is 2.75 bits per heavy atom. The number of nitrogens with two attached hydrogens (primary N) is 1.